The molecule has 4 nitrogen and oxygen atoms in total. The first-order valence-corrected chi connectivity index (χ1v) is 8.28. The predicted molar refractivity (Wildman–Crippen MR) is 72.7 cm³/mol. The lowest BCUT2D eigenvalue weighted by molar-refractivity contribution is 0.00711. The van der Waals surface area contributed by atoms with Gasteiger partial charge in [-0.25, -0.2) is 8.42 Å². The number of ether oxygens (including phenoxy) is 1. The fourth-order valence-corrected chi connectivity index (χ4v) is 3.30. The van der Waals surface area contributed by atoms with Gasteiger partial charge in [0.2, 0.25) is 0 Å². The minimum absolute atomic E-state index is 0.0732. The van der Waals surface area contributed by atoms with Crippen LogP contribution in [-0.4, -0.2) is 32.5 Å². The molecule has 5 heteroatoms. The number of sulfone groups is 1. The summed E-state index contributed by atoms with van der Waals surface area (Å²) in [5.74, 6) is 0.220. The smallest absolute Gasteiger partial charge is 0.178 e. The molecule has 106 valence electrons. The Morgan fingerprint density at radius 1 is 1.37 bits per heavy atom. The minimum atomic E-state index is -3.22. The van der Waals surface area contributed by atoms with Crippen molar-refractivity contribution in [3.63, 3.8) is 0 Å². The molecule has 0 saturated carbocycles. The monoisotopic (exact) mass is 284 g/mol. The second-order valence-corrected chi connectivity index (χ2v) is 7.15. The average molecular weight is 284 g/mol. The zero-order chi connectivity index (χ0) is 13.9. The maximum atomic E-state index is 11.9. The van der Waals surface area contributed by atoms with Gasteiger partial charge in [0.15, 0.2) is 9.84 Å². The Balaban J connectivity index is 2.23. The molecule has 0 radical (unpaired) electrons. The Hall–Kier alpha value is -0.910. The topological polar surface area (TPSA) is 63.6 Å². The van der Waals surface area contributed by atoms with Crippen molar-refractivity contribution in [2.45, 2.75) is 30.8 Å². The molecule has 0 bridgehead atoms. The molecule has 19 heavy (non-hydrogen) atoms. The van der Waals surface area contributed by atoms with Gasteiger partial charge in [-0.3, -0.25) is 0 Å². The van der Waals surface area contributed by atoms with Gasteiger partial charge in [0.1, 0.15) is 0 Å². The number of hydrogen-bond donors (Lipinski definition) is 1. The summed E-state index contributed by atoms with van der Waals surface area (Å²) in [5, 5.41) is 10.4. The third-order valence-electron chi connectivity index (χ3n) is 3.65. The number of aliphatic hydroxyl groups is 1. The predicted octanol–water partition coefficient (Wildman–Crippen LogP) is 1.94. The van der Waals surface area contributed by atoms with Crippen LogP contribution in [0, 0.1) is 5.92 Å². The molecule has 1 unspecified atom stereocenters. The fourth-order valence-electron chi connectivity index (χ4n) is 2.36. The van der Waals surface area contributed by atoms with Crippen molar-refractivity contribution < 1.29 is 18.3 Å². The van der Waals surface area contributed by atoms with Gasteiger partial charge in [-0.15, -0.1) is 0 Å². The van der Waals surface area contributed by atoms with E-state index in [1.54, 1.807) is 31.2 Å². The van der Waals surface area contributed by atoms with Crippen LogP contribution in [0.15, 0.2) is 29.2 Å². The Kier molecular flexibility index (Phi) is 4.60. The number of aliphatic hydroxyl groups excluding tert-OH is 1. The number of benzene rings is 1. The molecule has 1 heterocycles. The zero-order valence-corrected chi connectivity index (χ0v) is 11.9. The van der Waals surface area contributed by atoms with E-state index >= 15 is 0 Å². The number of hydrogen-bond acceptors (Lipinski definition) is 4. The van der Waals surface area contributed by atoms with Crippen LogP contribution in [0.1, 0.15) is 31.4 Å². The molecule has 1 aliphatic rings. The van der Waals surface area contributed by atoms with Gasteiger partial charge >= 0.3 is 0 Å². The maximum Gasteiger partial charge on any atom is 0.178 e. The zero-order valence-electron chi connectivity index (χ0n) is 11.1. The van der Waals surface area contributed by atoms with Gasteiger partial charge in [0.05, 0.1) is 16.8 Å². The lowest BCUT2D eigenvalue weighted by Crippen LogP contribution is -2.22. The molecule has 1 fully saturated rings. The molecule has 1 aromatic rings. The van der Waals surface area contributed by atoms with Gasteiger partial charge in [-0.1, -0.05) is 19.1 Å². The van der Waals surface area contributed by atoms with Crippen LogP contribution < -0.4 is 0 Å². The summed E-state index contributed by atoms with van der Waals surface area (Å²) < 4.78 is 29.0. The standard InChI is InChI=1S/C14H20O4S/c1-2-19(16,17)13-5-3-4-12(10-13)14(15)11-6-8-18-9-7-11/h3-5,10-11,14-15H,2,6-9H2,1H3. The van der Waals surface area contributed by atoms with Crippen LogP contribution in [0.5, 0.6) is 0 Å². The second-order valence-electron chi connectivity index (χ2n) is 4.87. The third-order valence-corrected chi connectivity index (χ3v) is 5.38. The molecule has 1 N–H and O–H groups in total. The third kappa shape index (κ3) is 3.35. The van der Waals surface area contributed by atoms with Crippen LogP contribution >= 0.6 is 0 Å². The molecule has 0 aromatic heterocycles. The van der Waals surface area contributed by atoms with Crippen molar-refractivity contribution in [3.05, 3.63) is 29.8 Å². The average Bonchev–Trinajstić information content (AvgIpc) is 2.47. The van der Waals surface area contributed by atoms with Crippen molar-refractivity contribution in [2.75, 3.05) is 19.0 Å². The molecule has 1 aliphatic heterocycles. The largest absolute Gasteiger partial charge is 0.388 e. The fraction of sp³-hybridized carbons (Fsp3) is 0.571. The summed E-state index contributed by atoms with van der Waals surface area (Å²) in [6, 6.07) is 6.66. The van der Waals surface area contributed by atoms with E-state index in [2.05, 4.69) is 0 Å². The first-order chi connectivity index (χ1) is 9.04. The molecule has 0 aliphatic carbocycles. The van der Waals surface area contributed by atoms with Crippen LogP contribution in [0.4, 0.5) is 0 Å². The molecule has 1 atom stereocenters. The summed E-state index contributed by atoms with van der Waals surface area (Å²) in [4.78, 5) is 0.290. The van der Waals surface area contributed by atoms with E-state index in [0.717, 1.165) is 12.8 Å². The Morgan fingerprint density at radius 2 is 2.05 bits per heavy atom. The van der Waals surface area contributed by atoms with Crippen LogP contribution in [-0.2, 0) is 14.6 Å². The van der Waals surface area contributed by atoms with E-state index < -0.39 is 15.9 Å². The highest BCUT2D eigenvalue weighted by Gasteiger charge is 2.24. The Bertz CT molecular complexity index is 518. The van der Waals surface area contributed by atoms with Gasteiger partial charge in [-0.05, 0) is 36.5 Å². The molecule has 0 amide bonds. The minimum Gasteiger partial charge on any atom is -0.388 e. The van der Waals surface area contributed by atoms with E-state index in [0.29, 0.717) is 23.7 Å². The molecule has 1 saturated heterocycles. The van der Waals surface area contributed by atoms with E-state index in [9.17, 15) is 13.5 Å². The first kappa shape index (κ1) is 14.5. The maximum absolute atomic E-state index is 11.9. The van der Waals surface area contributed by atoms with E-state index in [1.807, 2.05) is 0 Å². The van der Waals surface area contributed by atoms with Crippen molar-refractivity contribution in [1.82, 2.24) is 0 Å². The highest BCUT2D eigenvalue weighted by molar-refractivity contribution is 7.91. The van der Waals surface area contributed by atoms with Crippen molar-refractivity contribution in [3.8, 4) is 0 Å². The Labute approximate surface area is 114 Å². The van der Waals surface area contributed by atoms with Crippen LogP contribution in [0.2, 0.25) is 0 Å². The van der Waals surface area contributed by atoms with Gasteiger partial charge in [0, 0.05) is 13.2 Å². The first-order valence-electron chi connectivity index (χ1n) is 6.63. The van der Waals surface area contributed by atoms with Gasteiger partial charge in [-0.2, -0.15) is 0 Å². The second kappa shape index (κ2) is 6.03. The van der Waals surface area contributed by atoms with Crippen LogP contribution in [0.3, 0.4) is 0 Å². The van der Waals surface area contributed by atoms with Crippen molar-refractivity contribution in [2.24, 2.45) is 5.92 Å². The van der Waals surface area contributed by atoms with Gasteiger partial charge < -0.3 is 9.84 Å². The highest BCUT2D eigenvalue weighted by atomic mass is 32.2. The quantitative estimate of drug-likeness (QED) is 0.917. The van der Waals surface area contributed by atoms with Gasteiger partial charge in [0.25, 0.3) is 0 Å². The van der Waals surface area contributed by atoms with E-state index in [-0.39, 0.29) is 11.7 Å². The van der Waals surface area contributed by atoms with E-state index in [4.69, 9.17) is 4.74 Å². The lowest BCUT2D eigenvalue weighted by atomic mass is 9.89. The summed E-state index contributed by atoms with van der Waals surface area (Å²) in [5.41, 5.74) is 0.682. The molecular weight excluding hydrogens is 264 g/mol. The molecule has 2 rings (SSSR count). The summed E-state index contributed by atoms with van der Waals surface area (Å²) in [7, 11) is -3.22. The molecular formula is C14H20O4S. The SMILES string of the molecule is CCS(=O)(=O)c1cccc(C(O)C2CCOCC2)c1. The molecule has 1 aromatic carbocycles. The summed E-state index contributed by atoms with van der Waals surface area (Å²) in [6.45, 7) is 2.94. The lowest BCUT2D eigenvalue weighted by Gasteiger charge is -2.27. The normalized spacial score (nSPS) is 19.3. The van der Waals surface area contributed by atoms with Crippen molar-refractivity contribution in [1.29, 1.82) is 0 Å². The Morgan fingerprint density at radius 3 is 2.68 bits per heavy atom. The highest BCUT2D eigenvalue weighted by Crippen LogP contribution is 2.30. The number of rotatable bonds is 4. The van der Waals surface area contributed by atoms with Crippen LogP contribution in [0.25, 0.3) is 0 Å². The molecule has 0 spiro atoms. The summed E-state index contributed by atoms with van der Waals surface area (Å²) >= 11 is 0. The van der Waals surface area contributed by atoms with Crippen molar-refractivity contribution >= 4 is 9.84 Å². The summed E-state index contributed by atoms with van der Waals surface area (Å²) in [6.07, 6.45) is 1.01. The van der Waals surface area contributed by atoms with E-state index in [1.165, 1.54) is 0 Å².